The number of likely N-dealkylation sites (tertiary alicyclic amines) is 1. The van der Waals surface area contributed by atoms with Crippen molar-refractivity contribution in [1.82, 2.24) is 10.2 Å². The molecule has 1 aliphatic rings. The van der Waals surface area contributed by atoms with Crippen molar-refractivity contribution in [2.75, 3.05) is 6.54 Å². The largest absolute Gasteiger partial charge is 0.384 e. The van der Waals surface area contributed by atoms with Gasteiger partial charge in [0.25, 0.3) is 5.91 Å². The zero-order chi connectivity index (χ0) is 20.1. The number of carbonyl (C=O) groups is 3. The highest BCUT2D eigenvalue weighted by molar-refractivity contribution is 6.07. The molecule has 0 radical (unpaired) electrons. The smallest absolute Gasteiger partial charge is 0.257 e. The fourth-order valence-corrected chi connectivity index (χ4v) is 3.19. The van der Waals surface area contributed by atoms with Crippen LogP contribution in [0.15, 0.2) is 24.3 Å². The van der Waals surface area contributed by atoms with E-state index in [4.69, 9.17) is 16.9 Å². The zero-order valence-electron chi connectivity index (χ0n) is 15.7. The first-order valence-electron chi connectivity index (χ1n) is 9.06. The highest BCUT2D eigenvalue weighted by Crippen LogP contribution is 2.20. The lowest BCUT2D eigenvalue weighted by molar-refractivity contribution is -0.139. The maximum atomic E-state index is 12.6. The van der Waals surface area contributed by atoms with E-state index in [-0.39, 0.29) is 23.2 Å². The van der Waals surface area contributed by atoms with Gasteiger partial charge in [0.2, 0.25) is 11.8 Å². The second-order valence-electron chi connectivity index (χ2n) is 7.24. The third-order valence-electron chi connectivity index (χ3n) is 4.58. The molecule has 0 saturated carbocycles. The van der Waals surface area contributed by atoms with Crippen molar-refractivity contribution in [3.63, 3.8) is 0 Å². The van der Waals surface area contributed by atoms with E-state index in [0.29, 0.717) is 31.4 Å². The van der Waals surface area contributed by atoms with Gasteiger partial charge in [-0.25, -0.2) is 0 Å². The van der Waals surface area contributed by atoms with Crippen molar-refractivity contribution in [2.24, 2.45) is 17.4 Å². The van der Waals surface area contributed by atoms with Gasteiger partial charge in [0, 0.05) is 17.7 Å². The Morgan fingerprint density at radius 3 is 2.37 bits per heavy atom. The quantitative estimate of drug-likeness (QED) is 0.328. The Labute approximate surface area is 158 Å². The molecule has 1 saturated heterocycles. The van der Waals surface area contributed by atoms with E-state index < -0.39 is 23.9 Å². The Kier molecular flexibility index (Phi) is 6.68. The van der Waals surface area contributed by atoms with Crippen molar-refractivity contribution < 1.29 is 14.4 Å². The summed E-state index contributed by atoms with van der Waals surface area (Å²) in [5.74, 6) is -1.13. The van der Waals surface area contributed by atoms with Gasteiger partial charge >= 0.3 is 0 Å². The van der Waals surface area contributed by atoms with Crippen LogP contribution in [0.25, 0.3) is 0 Å². The van der Waals surface area contributed by atoms with Crippen LogP contribution in [0.1, 0.15) is 49.0 Å². The van der Waals surface area contributed by atoms with Gasteiger partial charge in [0.1, 0.15) is 11.9 Å². The van der Waals surface area contributed by atoms with Gasteiger partial charge in [-0.3, -0.25) is 25.1 Å². The van der Waals surface area contributed by atoms with Crippen LogP contribution in [0.2, 0.25) is 0 Å². The Morgan fingerprint density at radius 1 is 1.22 bits per heavy atom. The second kappa shape index (κ2) is 8.77. The molecule has 0 unspecified atom stereocenters. The van der Waals surface area contributed by atoms with Crippen molar-refractivity contribution >= 4 is 23.6 Å². The summed E-state index contributed by atoms with van der Waals surface area (Å²) in [5, 5.41) is 9.71. The second-order valence-corrected chi connectivity index (χ2v) is 7.24. The predicted molar refractivity (Wildman–Crippen MR) is 102 cm³/mol. The standard InChI is InChI=1S/C19H27N5O3/c1-11(2)10-14(20)19(27)24-9-3-4-15(24)18(26)23-17(25)13-7-5-12(6-8-13)16(21)22/h5-8,11,14-15H,3-4,9-10,20H2,1-2H3,(H3,21,22)(H,23,25,26)/t14-,15+/m1/s1. The number of benzene rings is 1. The summed E-state index contributed by atoms with van der Waals surface area (Å²) in [6, 6.07) is 4.74. The van der Waals surface area contributed by atoms with Crippen LogP contribution in [0.5, 0.6) is 0 Å². The molecule has 8 nitrogen and oxygen atoms in total. The predicted octanol–water partition coefficient (Wildman–Crippen LogP) is 0.591. The molecule has 2 atom stereocenters. The van der Waals surface area contributed by atoms with Crippen molar-refractivity contribution in [1.29, 1.82) is 5.41 Å². The Morgan fingerprint density at radius 2 is 1.81 bits per heavy atom. The molecule has 3 amide bonds. The fourth-order valence-electron chi connectivity index (χ4n) is 3.19. The van der Waals surface area contributed by atoms with E-state index in [2.05, 4.69) is 5.32 Å². The van der Waals surface area contributed by atoms with Crippen LogP contribution in [0.3, 0.4) is 0 Å². The van der Waals surface area contributed by atoms with Gasteiger partial charge in [-0.2, -0.15) is 0 Å². The number of nitrogens with two attached hydrogens (primary N) is 2. The number of amides is 3. The van der Waals surface area contributed by atoms with E-state index in [1.807, 2.05) is 13.8 Å². The van der Waals surface area contributed by atoms with Gasteiger partial charge in [0.15, 0.2) is 0 Å². The molecular weight excluding hydrogens is 346 g/mol. The van der Waals surface area contributed by atoms with Crippen molar-refractivity contribution in [3.8, 4) is 0 Å². The number of rotatable bonds is 6. The lowest BCUT2D eigenvalue weighted by Gasteiger charge is -2.27. The van der Waals surface area contributed by atoms with Crippen LogP contribution in [-0.2, 0) is 9.59 Å². The van der Waals surface area contributed by atoms with Gasteiger partial charge in [-0.05, 0) is 37.3 Å². The molecule has 1 heterocycles. The molecule has 1 aromatic carbocycles. The average Bonchev–Trinajstić information content (AvgIpc) is 3.10. The summed E-state index contributed by atoms with van der Waals surface area (Å²) >= 11 is 0. The Bertz CT molecular complexity index is 729. The Balaban J connectivity index is 2.02. The fraction of sp³-hybridized carbons (Fsp3) is 0.474. The van der Waals surface area contributed by atoms with Gasteiger partial charge in [0.05, 0.1) is 6.04 Å². The average molecular weight is 373 g/mol. The molecule has 27 heavy (non-hydrogen) atoms. The molecule has 8 heteroatoms. The van der Waals surface area contributed by atoms with Crippen LogP contribution < -0.4 is 16.8 Å². The van der Waals surface area contributed by atoms with Crippen LogP contribution >= 0.6 is 0 Å². The molecule has 1 fully saturated rings. The molecular formula is C19H27N5O3. The lowest BCUT2D eigenvalue weighted by atomic mass is 10.0. The first-order chi connectivity index (χ1) is 12.7. The van der Waals surface area contributed by atoms with Crippen LogP contribution in [0.4, 0.5) is 0 Å². The summed E-state index contributed by atoms with van der Waals surface area (Å²) < 4.78 is 0. The molecule has 0 aromatic heterocycles. The molecule has 6 N–H and O–H groups in total. The van der Waals surface area contributed by atoms with E-state index in [1.165, 1.54) is 29.2 Å². The summed E-state index contributed by atoms with van der Waals surface area (Å²) in [6.07, 6.45) is 1.74. The molecule has 2 rings (SSSR count). The minimum absolute atomic E-state index is 0.101. The number of hydrogen-bond donors (Lipinski definition) is 4. The highest BCUT2D eigenvalue weighted by Gasteiger charge is 2.36. The number of carbonyl (C=O) groups excluding carboxylic acids is 3. The summed E-state index contributed by atoms with van der Waals surface area (Å²) in [6.45, 7) is 4.43. The molecule has 146 valence electrons. The van der Waals surface area contributed by atoms with E-state index >= 15 is 0 Å². The van der Waals surface area contributed by atoms with Gasteiger partial charge < -0.3 is 16.4 Å². The summed E-state index contributed by atoms with van der Waals surface area (Å²) in [4.78, 5) is 38.9. The van der Waals surface area contributed by atoms with Crippen molar-refractivity contribution in [2.45, 2.75) is 45.2 Å². The third-order valence-corrected chi connectivity index (χ3v) is 4.58. The minimum atomic E-state index is -0.684. The summed E-state index contributed by atoms with van der Waals surface area (Å²) in [5.41, 5.74) is 12.1. The summed E-state index contributed by atoms with van der Waals surface area (Å²) in [7, 11) is 0. The van der Waals surface area contributed by atoms with Crippen molar-refractivity contribution in [3.05, 3.63) is 35.4 Å². The number of hydrogen-bond acceptors (Lipinski definition) is 5. The number of imide groups is 1. The SMILES string of the molecule is CC(C)C[C@@H](N)C(=O)N1CCC[C@H]1C(=O)NC(=O)c1ccc(C(=N)N)cc1. The van der Waals surface area contributed by atoms with E-state index in [0.717, 1.165) is 0 Å². The highest BCUT2D eigenvalue weighted by atomic mass is 16.2. The first-order valence-corrected chi connectivity index (χ1v) is 9.06. The molecule has 1 aromatic rings. The normalized spacial score (nSPS) is 17.6. The topological polar surface area (TPSA) is 142 Å². The number of nitrogens with one attached hydrogen (secondary N) is 2. The maximum absolute atomic E-state index is 12.6. The maximum Gasteiger partial charge on any atom is 0.257 e. The number of amidine groups is 1. The van der Waals surface area contributed by atoms with E-state index in [9.17, 15) is 14.4 Å². The first kappa shape index (κ1) is 20.6. The van der Waals surface area contributed by atoms with Gasteiger partial charge in [-0.1, -0.05) is 26.0 Å². The molecule has 0 spiro atoms. The molecule has 1 aliphatic heterocycles. The van der Waals surface area contributed by atoms with Crippen LogP contribution in [-0.4, -0.2) is 47.1 Å². The minimum Gasteiger partial charge on any atom is -0.384 e. The van der Waals surface area contributed by atoms with Crippen LogP contribution in [0, 0.1) is 11.3 Å². The van der Waals surface area contributed by atoms with E-state index in [1.54, 1.807) is 0 Å². The molecule has 0 bridgehead atoms. The third kappa shape index (κ3) is 5.13. The molecule has 0 aliphatic carbocycles. The zero-order valence-corrected chi connectivity index (χ0v) is 15.7. The number of nitrogen functional groups attached to an aromatic ring is 1. The van der Waals surface area contributed by atoms with Gasteiger partial charge in [-0.15, -0.1) is 0 Å². The lowest BCUT2D eigenvalue weighted by Crippen LogP contribution is -2.52. The monoisotopic (exact) mass is 373 g/mol. The Hall–Kier alpha value is -2.74. The number of nitrogens with zero attached hydrogens (tertiary/aromatic N) is 1.